The lowest BCUT2D eigenvalue weighted by molar-refractivity contribution is -0.145. The fourth-order valence-corrected chi connectivity index (χ4v) is 5.00. The number of hydrogen-bond acceptors (Lipinski definition) is 7. The van der Waals surface area contributed by atoms with Gasteiger partial charge in [0.25, 0.3) is 0 Å². The predicted octanol–water partition coefficient (Wildman–Crippen LogP) is 4.78. The molecule has 0 spiro atoms. The molecule has 0 fully saturated rings. The largest absolute Gasteiger partial charge is 0.467 e. The van der Waals surface area contributed by atoms with Crippen LogP contribution in [-0.4, -0.2) is 45.9 Å². The fraction of sp³-hybridized carbons (Fsp3) is 0.194. The Morgan fingerprint density at radius 1 is 0.846 bits per heavy atom. The Labute approximate surface area is 232 Å². The molecular formula is C31H29N3O4S. The molecule has 4 rings (SSSR count). The maximum atomic E-state index is 13.5. The van der Waals surface area contributed by atoms with Gasteiger partial charge in [0.2, 0.25) is 11.0 Å². The van der Waals surface area contributed by atoms with Crippen LogP contribution in [0.15, 0.2) is 104 Å². The second-order valence-electron chi connectivity index (χ2n) is 8.93. The summed E-state index contributed by atoms with van der Waals surface area (Å²) in [6.07, 6.45) is 5.61. The number of rotatable bonds is 11. The van der Waals surface area contributed by atoms with Crippen molar-refractivity contribution in [1.29, 1.82) is 0 Å². The fourth-order valence-electron chi connectivity index (χ4n) is 4.08. The van der Waals surface area contributed by atoms with Gasteiger partial charge in [-0.05, 0) is 17.5 Å². The summed E-state index contributed by atoms with van der Waals surface area (Å²) in [5, 5.41) is 2.78. The molecule has 0 aliphatic heterocycles. The van der Waals surface area contributed by atoms with Gasteiger partial charge in [-0.25, -0.2) is 4.79 Å². The van der Waals surface area contributed by atoms with Crippen LogP contribution in [0.5, 0.6) is 0 Å². The highest BCUT2D eigenvalue weighted by Gasteiger charge is 2.27. The van der Waals surface area contributed by atoms with E-state index in [0.717, 1.165) is 34.1 Å². The molecule has 0 aliphatic carbocycles. The summed E-state index contributed by atoms with van der Waals surface area (Å²) < 4.78 is 5.00. The highest BCUT2D eigenvalue weighted by atomic mass is 32.2. The van der Waals surface area contributed by atoms with Crippen molar-refractivity contribution >= 4 is 28.8 Å². The summed E-state index contributed by atoms with van der Waals surface area (Å²) in [6.45, 7) is 0. The molecule has 1 amide bonds. The van der Waals surface area contributed by atoms with Crippen LogP contribution in [0.2, 0.25) is 0 Å². The zero-order valence-corrected chi connectivity index (χ0v) is 22.3. The molecular weight excluding hydrogens is 510 g/mol. The first-order chi connectivity index (χ1) is 19.0. The first kappa shape index (κ1) is 27.7. The van der Waals surface area contributed by atoms with Gasteiger partial charge in [-0.2, -0.15) is 0 Å². The van der Waals surface area contributed by atoms with Crippen molar-refractivity contribution in [1.82, 2.24) is 15.3 Å². The van der Waals surface area contributed by atoms with Gasteiger partial charge in [0.05, 0.1) is 24.9 Å². The molecule has 4 aromatic rings. The van der Waals surface area contributed by atoms with E-state index in [0.29, 0.717) is 12.0 Å². The lowest BCUT2D eigenvalue weighted by atomic mass is 9.98. The Hall–Kier alpha value is -4.30. The maximum absolute atomic E-state index is 13.5. The zero-order chi connectivity index (χ0) is 27.5. The maximum Gasteiger partial charge on any atom is 0.328 e. The van der Waals surface area contributed by atoms with Gasteiger partial charge in [0, 0.05) is 35.7 Å². The highest BCUT2D eigenvalue weighted by molar-refractivity contribution is 8.14. The number of carbonyl (C=O) groups excluding carboxylic acids is 3. The molecule has 3 aromatic carbocycles. The van der Waals surface area contributed by atoms with E-state index in [1.165, 1.54) is 7.11 Å². The van der Waals surface area contributed by atoms with Crippen molar-refractivity contribution in [2.24, 2.45) is 5.92 Å². The van der Waals surface area contributed by atoms with Crippen molar-refractivity contribution < 1.29 is 19.1 Å². The van der Waals surface area contributed by atoms with Gasteiger partial charge in [0.15, 0.2) is 0 Å². The van der Waals surface area contributed by atoms with Crippen LogP contribution in [0.3, 0.4) is 0 Å². The minimum Gasteiger partial charge on any atom is -0.467 e. The van der Waals surface area contributed by atoms with E-state index in [1.807, 2.05) is 72.8 Å². The monoisotopic (exact) mass is 539 g/mol. The summed E-state index contributed by atoms with van der Waals surface area (Å²) in [5.74, 6) is -1.10. The average molecular weight is 540 g/mol. The zero-order valence-electron chi connectivity index (χ0n) is 21.5. The van der Waals surface area contributed by atoms with Crippen molar-refractivity contribution in [2.75, 3.05) is 12.9 Å². The third-order valence-electron chi connectivity index (χ3n) is 6.18. The van der Waals surface area contributed by atoms with Crippen LogP contribution in [0.25, 0.3) is 11.3 Å². The number of amides is 1. The van der Waals surface area contributed by atoms with Crippen LogP contribution in [0.4, 0.5) is 0 Å². The van der Waals surface area contributed by atoms with E-state index in [4.69, 9.17) is 4.74 Å². The number of ether oxygens (including phenoxy) is 1. The second-order valence-corrected chi connectivity index (χ2v) is 9.92. The van der Waals surface area contributed by atoms with Gasteiger partial charge >= 0.3 is 5.97 Å². The molecule has 198 valence electrons. The summed E-state index contributed by atoms with van der Waals surface area (Å²) in [7, 11) is 1.30. The van der Waals surface area contributed by atoms with Gasteiger partial charge < -0.3 is 10.1 Å². The SMILES string of the molecule is COC(=O)[C@H](Cc1ccc(-c2cnccn2)cc1)NC(=O)C(CSC(=O)c1ccccc1)Cc1ccccc1. The Kier molecular flexibility index (Phi) is 9.97. The van der Waals surface area contributed by atoms with E-state index < -0.39 is 17.9 Å². The highest BCUT2D eigenvalue weighted by Crippen LogP contribution is 2.21. The molecule has 1 unspecified atom stereocenters. The lowest BCUT2D eigenvalue weighted by Crippen LogP contribution is -2.46. The molecule has 7 nitrogen and oxygen atoms in total. The first-order valence-electron chi connectivity index (χ1n) is 12.5. The van der Waals surface area contributed by atoms with Crippen LogP contribution >= 0.6 is 11.8 Å². The summed E-state index contributed by atoms with van der Waals surface area (Å²) >= 11 is 1.10. The quantitative estimate of drug-likeness (QED) is 0.274. The Morgan fingerprint density at radius 2 is 1.51 bits per heavy atom. The first-order valence-corrected chi connectivity index (χ1v) is 13.5. The van der Waals surface area contributed by atoms with Crippen molar-refractivity contribution in [2.45, 2.75) is 18.9 Å². The van der Waals surface area contributed by atoms with Crippen LogP contribution in [0.1, 0.15) is 21.5 Å². The smallest absolute Gasteiger partial charge is 0.328 e. The molecule has 8 heteroatoms. The second kappa shape index (κ2) is 14.0. The normalized spacial score (nSPS) is 12.2. The standard InChI is InChI=1S/C31H29N3O4S/c1-38-30(36)27(19-23-12-14-24(15-13-23)28-20-32-16-17-33-28)34-29(35)26(18-22-8-4-2-5-9-22)21-39-31(37)25-10-6-3-7-11-25/h2-17,20,26-27H,18-19,21H2,1H3,(H,34,35)/t26?,27-/m0/s1. The topological polar surface area (TPSA) is 98.2 Å². The number of hydrogen-bond donors (Lipinski definition) is 1. The molecule has 0 radical (unpaired) electrons. The third kappa shape index (κ3) is 8.09. The molecule has 1 aromatic heterocycles. The third-order valence-corrected chi connectivity index (χ3v) is 7.24. The Bertz CT molecular complexity index is 1370. The van der Waals surface area contributed by atoms with Crippen LogP contribution in [-0.2, 0) is 27.2 Å². The number of aromatic nitrogens is 2. The summed E-state index contributed by atoms with van der Waals surface area (Å²) in [6, 6.07) is 25.3. The molecule has 39 heavy (non-hydrogen) atoms. The summed E-state index contributed by atoms with van der Waals surface area (Å²) in [4.78, 5) is 47.3. The number of nitrogens with one attached hydrogen (secondary N) is 1. The van der Waals surface area contributed by atoms with E-state index in [-0.39, 0.29) is 23.2 Å². The minimum atomic E-state index is -0.877. The molecule has 0 bridgehead atoms. The number of thioether (sulfide) groups is 1. The van der Waals surface area contributed by atoms with Crippen molar-refractivity contribution in [3.63, 3.8) is 0 Å². The van der Waals surface area contributed by atoms with Crippen LogP contribution < -0.4 is 5.32 Å². The predicted molar refractivity (Wildman–Crippen MR) is 152 cm³/mol. The Balaban J connectivity index is 1.47. The van der Waals surface area contributed by atoms with Gasteiger partial charge in [-0.3, -0.25) is 19.6 Å². The lowest BCUT2D eigenvalue weighted by Gasteiger charge is -2.21. The molecule has 1 heterocycles. The molecule has 0 aliphatic rings. The molecule has 2 atom stereocenters. The molecule has 1 N–H and O–H groups in total. The van der Waals surface area contributed by atoms with Crippen molar-refractivity contribution in [3.05, 3.63) is 120 Å². The number of carbonyl (C=O) groups is 3. The van der Waals surface area contributed by atoms with E-state index in [2.05, 4.69) is 15.3 Å². The molecule has 0 saturated carbocycles. The number of nitrogens with zero attached hydrogens (tertiary/aromatic N) is 2. The average Bonchev–Trinajstić information content (AvgIpc) is 3.00. The van der Waals surface area contributed by atoms with E-state index in [9.17, 15) is 14.4 Å². The van der Waals surface area contributed by atoms with Gasteiger partial charge in [-0.15, -0.1) is 0 Å². The van der Waals surface area contributed by atoms with Gasteiger partial charge in [-0.1, -0.05) is 96.7 Å². The molecule has 0 saturated heterocycles. The van der Waals surface area contributed by atoms with E-state index >= 15 is 0 Å². The Morgan fingerprint density at radius 3 is 2.15 bits per heavy atom. The number of methoxy groups -OCH3 is 1. The van der Waals surface area contributed by atoms with Crippen molar-refractivity contribution in [3.8, 4) is 11.3 Å². The van der Waals surface area contributed by atoms with E-state index in [1.54, 1.807) is 30.7 Å². The van der Waals surface area contributed by atoms with Crippen LogP contribution in [0, 0.1) is 5.92 Å². The van der Waals surface area contributed by atoms with Gasteiger partial charge in [0.1, 0.15) is 6.04 Å². The minimum absolute atomic E-state index is 0.103. The summed E-state index contributed by atoms with van der Waals surface area (Å²) in [5.41, 5.74) is 4.05. The number of benzene rings is 3. The number of esters is 1.